The smallest absolute Gasteiger partial charge is 0.266 e. The van der Waals surface area contributed by atoms with E-state index in [0.717, 1.165) is 22.4 Å². The lowest BCUT2D eigenvalue weighted by atomic mass is 10.0. The number of aromatic nitrogens is 2. The number of carbonyl (C=O) groups is 1. The van der Waals surface area contributed by atoms with Crippen molar-refractivity contribution in [2.45, 2.75) is 26.9 Å². The number of rotatable bonds is 5. The molecule has 5 nitrogen and oxygen atoms in total. The zero-order valence-electron chi connectivity index (χ0n) is 14.5. The van der Waals surface area contributed by atoms with E-state index in [9.17, 15) is 4.79 Å². The number of nitrogens with zero attached hydrogens (tertiary/aromatic N) is 1. The van der Waals surface area contributed by atoms with Gasteiger partial charge in [-0.3, -0.25) is 9.89 Å². The highest BCUT2D eigenvalue weighted by molar-refractivity contribution is 5.97. The van der Waals surface area contributed by atoms with Crippen molar-refractivity contribution in [1.82, 2.24) is 10.2 Å². The van der Waals surface area contributed by atoms with Crippen LogP contribution in [0.2, 0.25) is 0 Å². The summed E-state index contributed by atoms with van der Waals surface area (Å²) in [4.78, 5) is 12.5. The Morgan fingerprint density at radius 3 is 2.60 bits per heavy atom. The average Bonchev–Trinajstić information content (AvgIpc) is 2.96. The third-order valence-corrected chi connectivity index (χ3v) is 3.92. The number of nitrogens with one attached hydrogen (secondary N) is 2. The van der Waals surface area contributed by atoms with Gasteiger partial charge in [-0.25, -0.2) is 0 Å². The van der Waals surface area contributed by atoms with Gasteiger partial charge in [-0.05, 0) is 38.5 Å². The monoisotopic (exact) mass is 335 g/mol. The van der Waals surface area contributed by atoms with E-state index in [-0.39, 0.29) is 5.91 Å². The maximum Gasteiger partial charge on any atom is 0.266 e. The minimum Gasteiger partial charge on any atom is -0.481 e. The van der Waals surface area contributed by atoms with Crippen LogP contribution >= 0.6 is 0 Å². The largest absolute Gasteiger partial charge is 0.481 e. The molecule has 0 fully saturated rings. The Labute approximate surface area is 147 Å². The van der Waals surface area contributed by atoms with Gasteiger partial charge >= 0.3 is 0 Å². The van der Waals surface area contributed by atoms with Crippen LogP contribution in [0.4, 0.5) is 5.82 Å². The molecule has 0 radical (unpaired) electrons. The first kappa shape index (κ1) is 16.8. The molecule has 1 amide bonds. The summed E-state index contributed by atoms with van der Waals surface area (Å²) >= 11 is 0. The van der Waals surface area contributed by atoms with Crippen LogP contribution in [0, 0.1) is 13.8 Å². The number of amides is 1. The SMILES string of the molecule is Cc1cccc(-c2c(NC(=O)[C@@H](C)Oc3ccccc3)n[nH]c2C)c1. The van der Waals surface area contributed by atoms with Gasteiger partial charge in [-0.15, -0.1) is 0 Å². The Morgan fingerprint density at radius 2 is 1.88 bits per heavy atom. The van der Waals surface area contributed by atoms with Crippen LogP contribution in [0.3, 0.4) is 0 Å². The second kappa shape index (κ2) is 7.21. The lowest BCUT2D eigenvalue weighted by Crippen LogP contribution is -2.30. The summed E-state index contributed by atoms with van der Waals surface area (Å²) in [5, 5.41) is 10.0. The molecule has 0 aliphatic carbocycles. The second-order valence-electron chi connectivity index (χ2n) is 6.00. The molecule has 3 rings (SSSR count). The average molecular weight is 335 g/mol. The minimum absolute atomic E-state index is 0.246. The van der Waals surface area contributed by atoms with Crippen molar-refractivity contribution in [2.75, 3.05) is 5.32 Å². The highest BCUT2D eigenvalue weighted by atomic mass is 16.5. The summed E-state index contributed by atoms with van der Waals surface area (Å²) < 4.78 is 5.67. The number of hydrogen-bond acceptors (Lipinski definition) is 3. The third-order valence-electron chi connectivity index (χ3n) is 3.92. The number of carbonyl (C=O) groups excluding carboxylic acids is 1. The number of aromatic amines is 1. The van der Waals surface area contributed by atoms with Crippen molar-refractivity contribution < 1.29 is 9.53 Å². The van der Waals surface area contributed by atoms with Crippen LogP contribution in [0.1, 0.15) is 18.2 Å². The summed E-state index contributed by atoms with van der Waals surface area (Å²) in [5.41, 5.74) is 3.95. The van der Waals surface area contributed by atoms with Gasteiger partial charge in [-0.1, -0.05) is 48.0 Å². The molecule has 0 bridgehead atoms. The van der Waals surface area contributed by atoms with E-state index in [4.69, 9.17) is 4.74 Å². The fourth-order valence-electron chi connectivity index (χ4n) is 2.65. The maximum atomic E-state index is 12.5. The fraction of sp³-hybridized carbons (Fsp3) is 0.200. The van der Waals surface area contributed by atoms with Crippen molar-refractivity contribution in [3.8, 4) is 16.9 Å². The molecule has 0 spiro atoms. The molecule has 2 N–H and O–H groups in total. The molecule has 0 saturated heterocycles. The van der Waals surface area contributed by atoms with Gasteiger partial charge in [0.25, 0.3) is 5.91 Å². The summed E-state index contributed by atoms with van der Waals surface area (Å²) in [6.45, 7) is 5.69. The molecule has 128 valence electrons. The Morgan fingerprint density at radius 1 is 1.12 bits per heavy atom. The zero-order valence-corrected chi connectivity index (χ0v) is 14.5. The summed E-state index contributed by atoms with van der Waals surface area (Å²) in [6.07, 6.45) is -0.634. The Hall–Kier alpha value is -3.08. The minimum atomic E-state index is -0.634. The van der Waals surface area contributed by atoms with Crippen LogP contribution in [-0.2, 0) is 4.79 Å². The standard InChI is InChI=1S/C20H21N3O2/c1-13-8-7-9-16(12-13)18-14(2)22-23-19(18)21-20(24)15(3)25-17-10-5-4-6-11-17/h4-12,15H,1-3H3,(H2,21,22,23,24)/t15-/m1/s1. The van der Waals surface area contributed by atoms with E-state index in [2.05, 4.69) is 21.6 Å². The number of ether oxygens (including phenoxy) is 1. The number of H-pyrrole nitrogens is 1. The first-order valence-electron chi connectivity index (χ1n) is 8.19. The molecule has 0 saturated carbocycles. The summed E-state index contributed by atoms with van der Waals surface area (Å²) in [6, 6.07) is 17.4. The second-order valence-corrected chi connectivity index (χ2v) is 6.00. The first-order valence-corrected chi connectivity index (χ1v) is 8.19. The van der Waals surface area contributed by atoms with Crippen LogP contribution in [0.25, 0.3) is 11.1 Å². The first-order chi connectivity index (χ1) is 12.0. The van der Waals surface area contributed by atoms with Gasteiger partial charge in [-0.2, -0.15) is 5.10 Å². The maximum absolute atomic E-state index is 12.5. The number of para-hydroxylation sites is 1. The highest BCUT2D eigenvalue weighted by Gasteiger charge is 2.20. The Bertz CT molecular complexity index is 872. The number of hydrogen-bond donors (Lipinski definition) is 2. The molecule has 0 aliphatic rings. The van der Waals surface area contributed by atoms with Crippen LogP contribution < -0.4 is 10.1 Å². The molecule has 0 unspecified atom stereocenters. The van der Waals surface area contributed by atoms with E-state index < -0.39 is 6.10 Å². The lowest BCUT2D eigenvalue weighted by molar-refractivity contribution is -0.122. The van der Waals surface area contributed by atoms with E-state index in [1.165, 1.54) is 0 Å². The van der Waals surface area contributed by atoms with Crippen LogP contribution in [0.5, 0.6) is 5.75 Å². The molecule has 3 aromatic rings. The number of anilines is 1. The van der Waals surface area contributed by atoms with Gasteiger partial charge in [0.05, 0.1) is 0 Å². The molecule has 25 heavy (non-hydrogen) atoms. The van der Waals surface area contributed by atoms with Crippen molar-refractivity contribution in [3.63, 3.8) is 0 Å². The predicted octanol–water partition coefficient (Wildman–Crippen LogP) is 4.10. The summed E-state index contributed by atoms with van der Waals surface area (Å²) in [5.74, 6) is 0.920. The zero-order chi connectivity index (χ0) is 17.8. The van der Waals surface area contributed by atoms with Crippen molar-refractivity contribution >= 4 is 11.7 Å². The van der Waals surface area contributed by atoms with Gasteiger partial charge in [0.15, 0.2) is 11.9 Å². The highest BCUT2D eigenvalue weighted by Crippen LogP contribution is 2.30. The third kappa shape index (κ3) is 3.88. The van der Waals surface area contributed by atoms with E-state index in [0.29, 0.717) is 11.6 Å². The van der Waals surface area contributed by atoms with Gasteiger partial charge in [0.1, 0.15) is 5.75 Å². The van der Waals surface area contributed by atoms with Crippen molar-refractivity contribution in [3.05, 3.63) is 65.9 Å². The number of aryl methyl sites for hydroxylation is 2. The van der Waals surface area contributed by atoms with Crippen molar-refractivity contribution in [2.24, 2.45) is 0 Å². The van der Waals surface area contributed by atoms with Gasteiger partial charge in [0.2, 0.25) is 0 Å². The molecule has 1 atom stereocenters. The van der Waals surface area contributed by atoms with Crippen LogP contribution in [0.15, 0.2) is 54.6 Å². The molecule has 1 aromatic heterocycles. The predicted molar refractivity (Wildman–Crippen MR) is 98.7 cm³/mol. The molecular weight excluding hydrogens is 314 g/mol. The fourth-order valence-corrected chi connectivity index (χ4v) is 2.65. The number of benzene rings is 2. The normalized spacial score (nSPS) is 11.8. The lowest BCUT2D eigenvalue weighted by Gasteiger charge is -2.14. The van der Waals surface area contributed by atoms with E-state index in [1.54, 1.807) is 6.92 Å². The van der Waals surface area contributed by atoms with Crippen molar-refractivity contribution in [1.29, 1.82) is 0 Å². The molecular formula is C20H21N3O2. The molecule has 2 aromatic carbocycles. The van der Waals surface area contributed by atoms with E-state index >= 15 is 0 Å². The summed E-state index contributed by atoms with van der Waals surface area (Å²) in [7, 11) is 0. The molecule has 1 heterocycles. The van der Waals surface area contributed by atoms with Crippen LogP contribution in [-0.4, -0.2) is 22.2 Å². The van der Waals surface area contributed by atoms with Gasteiger partial charge < -0.3 is 10.1 Å². The Balaban J connectivity index is 1.78. The molecule has 0 aliphatic heterocycles. The topological polar surface area (TPSA) is 67.0 Å². The van der Waals surface area contributed by atoms with E-state index in [1.807, 2.05) is 62.4 Å². The quantitative estimate of drug-likeness (QED) is 0.738. The van der Waals surface area contributed by atoms with Gasteiger partial charge in [0, 0.05) is 11.3 Å². The Kier molecular flexibility index (Phi) is 4.84. The molecule has 5 heteroatoms.